The van der Waals surface area contributed by atoms with Gasteiger partial charge in [-0.05, 0) is 38.1 Å². The number of anilines is 1. The molecule has 2 rings (SSSR count). The molecular weight excluding hydrogens is 294 g/mol. The van der Waals surface area contributed by atoms with E-state index in [1.54, 1.807) is 6.20 Å². The van der Waals surface area contributed by atoms with E-state index in [9.17, 15) is 0 Å². The van der Waals surface area contributed by atoms with Crippen molar-refractivity contribution in [2.75, 3.05) is 11.9 Å². The molecule has 1 aromatic heterocycles. The van der Waals surface area contributed by atoms with E-state index in [1.165, 1.54) is 0 Å². The molecule has 0 bridgehead atoms. The lowest BCUT2D eigenvalue weighted by atomic mass is 10.3. The third kappa shape index (κ3) is 3.20. The van der Waals surface area contributed by atoms with Crippen LogP contribution in [-0.4, -0.2) is 16.5 Å². The van der Waals surface area contributed by atoms with Gasteiger partial charge in [-0.3, -0.25) is 0 Å². The number of hydrogen-bond acceptors (Lipinski definition) is 4. The molecule has 0 saturated carbocycles. The van der Waals surface area contributed by atoms with Crippen molar-refractivity contribution in [3.8, 4) is 11.6 Å². The topological polar surface area (TPSA) is 47.0 Å². The van der Waals surface area contributed by atoms with Gasteiger partial charge in [-0.25, -0.2) is 4.98 Å². The Balaban J connectivity index is 2.22. The van der Waals surface area contributed by atoms with E-state index in [0.29, 0.717) is 11.8 Å². The Morgan fingerprint density at radius 2 is 2.00 bits per heavy atom. The summed E-state index contributed by atoms with van der Waals surface area (Å²) in [6, 6.07) is 7.63. The van der Waals surface area contributed by atoms with Crippen LogP contribution in [0.4, 0.5) is 5.95 Å². The monoisotopic (exact) mass is 307 g/mol. The Morgan fingerprint density at radius 3 is 2.67 bits per heavy atom. The van der Waals surface area contributed by atoms with E-state index in [0.717, 1.165) is 22.3 Å². The summed E-state index contributed by atoms with van der Waals surface area (Å²) < 4.78 is 6.76. The first-order chi connectivity index (χ1) is 8.69. The first-order valence-electron chi connectivity index (χ1n) is 5.70. The molecule has 0 spiro atoms. The highest BCUT2D eigenvalue weighted by molar-refractivity contribution is 9.10. The molecule has 1 heterocycles. The fourth-order valence-electron chi connectivity index (χ4n) is 1.39. The fraction of sp³-hybridized carbons (Fsp3) is 0.231. The van der Waals surface area contributed by atoms with Crippen molar-refractivity contribution in [3.05, 3.63) is 40.5 Å². The Morgan fingerprint density at radius 1 is 1.28 bits per heavy atom. The van der Waals surface area contributed by atoms with Gasteiger partial charge in [0, 0.05) is 22.8 Å². The second-order valence-corrected chi connectivity index (χ2v) is 4.68. The lowest BCUT2D eigenvalue weighted by Gasteiger charge is -2.09. The Hall–Kier alpha value is -1.62. The van der Waals surface area contributed by atoms with Gasteiger partial charge in [-0.15, -0.1) is 0 Å². The van der Waals surface area contributed by atoms with Gasteiger partial charge >= 0.3 is 0 Å². The summed E-state index contributed by atoms with van der Waals surface area (Å²) in [6.45, 7) is 4.70. The van der Waals surface area contributed by atoms with Gasteiger partial charge < -0.3 is 10.1 Å². The molecule has 4 nitrogen and oxygen atoms in total. The minimum absolute atomic E-state index is 0.572. The average molecular weight is 308 g/mol. The molecular formula is C13H14BrN3O. The van der Waals surface area contributed by atoms with Crippen molar-refractivity contribution < 1.29 is 4.74 Å². The number of halogens is 1. The van der Waals surface area contributed by atoms with Crippen LogP contribution in [0, 0.1) is 6.92 Å². The molecule has 94 valence electrons. The summed E-state index contributed by atoms with van der Waals surface area (Å²) in [5.74, 6) is 1.90. The van der Waals surface area contributed by atoms with Gasteiger partial charge in [0.05, 0.1) is 0 Å². The number of ether oxygens (including phenoxy) is 1. The van der Waals surface area contributed by atoms with Crippen LogP contribution in [0.25, 0.3) is 0 Å². The summed E-state index contributed by atoms with van der Waals surface area (Å²) >= 11 is 3.39. The van der Waals surface area contributed by atoms with Gasteiger partial charge in [0.2, 0.25) is 11.8 Å². The lowest BCUT2D eigenvalue weighted by Crippen LogP contribution is -2.03. The number of benzene rings is 1. The molecule has 1 N–H and O–H groups in total. The summed E-state index contributed by atoms with van der Waals surface area (Å²) in [6.07, 6.45) is 1.75. The molecule has 0 saturated heterocycles. The first-order valence-corrected chi connectivity index (χ1v) is 6.49. The molecule has 0 aliphatic rings. The van der Waals surface area contributed by atoms with Crippen LogP contribution in [0.3, 0.4) is 0 Å². The van der Waals surface area contributed by atoms with Crippen LogP contribution in [0.2, 0.25) is 0 Å². The highest BCUT2D eigenvalue weighted by Crippen LogP contribution is 2.24. The van der Waals surface area contributed by atoms with Crippen molar-refractivity contribution in [1.82, 2.24) is 9.97 Å². The molecule has 0 radical (unpaired) electrons. The Bertz CT molecular complexity index is 528. The molecule has 0 fully saturated rings. The van der Waals surface area contributed by atoms with Crippen LogP contribution in [-0.2, 0) is 0 Å². The van der Waals surface area contributed by atoms with Crippen LogP contribution in [0.15, 0.2) is 34.9 Å². The highest BCUT2D eigenvalue weighted by Gasteiger charge is 2.05. The normalized spacial score (nSPS) is 10.2. The standard InChI is InChI=1S/C13H14BrN3O/c1-3-15-13-16-8-9(2)12(17-13)18-11-6-4-10(14)5-7-11/h4-8H,3H2,1-2H3,(H,15,16,17). The fourth-order valence-corrected chi connectivity index (χ4v) is 1.65. The van der Waals surface area contributed by atoms with E-state index in [1.807, 2.05) is 38.1 Å². The van der Waals surface area contributed by atoms with E-state index < -0.39 is 0 Å². The lowest BCUT2D eigenvalue weighted by molar-refractivity contribution is 0.458. The van der Waals surface area contributed by atoms with Crippen molar-refractivity contribution in [2.45, 2.75) is 13.8 Å². The molecule has 18 heavy (non-hydrogen) atoms. The van der Waals surface area contributed by atoms with E-state index in [4.69, 9.17) is 4.74 Å². The van der Waals surface area contributed by atoms with E-state index in [-0.39, 0.29) is 0 Å². The van der Waals surface area contributed by atoms with Crippen molar-refractivity contribution in [1.29, 1.82) is 0 Å². The molecule has 0 aliphatic heterocycles. The van der Waals surface area contributed by atoms with Crippen molar-refractivity contribution >= 4 is 21.9 Å². The zero-order chi connectivity index (χ0) is 13.0. The smallest absolute Gasteiger partial charge is 0.226 e. The quantitative estimate of drug-likeness (QED) is 0.934. The predicted octanol–water partition coefficient (Wildman–Crippen LogP) is 3.77. The third-order valence-electron chi connectivity index (χ3n) is 2.29. The van der Waals surface area contributed by atoms with Crippen LogP contribution in [0.5, 0.6) is 11.6 Å². The summed E-state index contributed by atoms with van der Waals surface area (Å²) in [7, 11) is 0. The minimum atomic E-state index is 0.572. The second kappa shape index (κ2) is 5.82. The molecule has 0 aliphatic carbocycles. The second-order valence-electron chi connectivity index (χ2n) is 3.77. The van der Waals surface area contributed by atoms with Crippen LogP contribution >= 0.6 is 15.9 Å². The first kappa shape index (κ1) is 12.8. The number of nitrogens with one attached hydrogen (secondary N) is 1. The van der Waals surface area contributed by atoms with Gasteiger partial charge in [-0.2, -0.15) is 4.98 Å². The molecule has 2 aromatic rings. The average Bonchev–Trinajstić information content (AvgIpc) is 2.36. The molecule has 0 atom stereocenters. The summed E-state index contributed by atoms with van der Waals surface area (Å²) in [4.78, 5) is 8.50. The maximum absolute atomic E-state index is 5.74. The predicted molar refractivity (Wildman–Crippen MR) is 75.1 cm³/mol. The third-order valence-corrected chi connectivity index (χ3v) is 2.82. The maximum atomic E-state index is 5.74. The summed E-state index contributed by atoms with van der Waals surface area (Å²) in [5.41, 5.74) is 0.902. The number of hydrogen-bond donors (Lipinski definition) is 1. The Labute approximate surface area is 115 Å². The van der Waals surface area contributed by atoms with Crippen molar-refractivity contribution in [3.63, 3.8) is 0 Å². The van der Waals surface area contributed by atoms with E-state index in [2.05, 4.69) is 31.2 Å². The number of rotatable bonds is 4. The maximum Gasteiger partial charge on any atom is 0.226 e. The van der Waals surface area contributed by atoms with Gasteiger partial charge in [-0.1, -0.05) is 15.9 Å². The number of aryl methyl sites for hydroxylation is 1. The molecule has 5 heteroatoms. The zero-order valence-corrected chi connectivity index (χ0v) is 11.9. The molecule has 1 aromatic carbocycles. The number of nitrogens with zero attached hydrogens (tertiary/aromatic N) is 2. The largest absolute Gasteiger partial charge is 0.439 e. The van der Waals surface area contributed by atoms with Gasteiger partial charge in [0.15, 0.2) is 0 Å². The summed E-state index contributed by atoms with van der Waals surface area (Å²) in [5, 5.41) is 3.06. The SMILES string of the molecule is CCNc1ncc(C)c(Oc2ccc(Br)cc2)n1. The molecule has 0 unspecified atom stereocenters. The molecule has 0 amide bonds. The van der Waals surface area contributed by atoms with Gasteiger partial charge in [0.1, 0.15) is 5.75 Å². The number of aromatic nitrogens is 2. The van der Waals surface area contributed by atoms with Crippen molar-refractivity contribution in [2.24, 2.45) is 0 Å². The van der Waals surface area contributed by atoms with Gasteiger partial charge in [0.25, 0.3) is 0 Å². The highest BCUT2D eigenvalue weighted by atomic mass is 79.9. The Kier molecular flexibility index (Phi) is 4.15. The minimum Gasteiger partial charge on any atom is -0.439 e. The van der Waals surface area contributed by atoms with Crippen LogP contribution in [0.1, 0.15) is 12.5 Å². The van der Waals surface area contributed by atoms with Crippen LogP contribution < -0.4 is 10.1 Å². The zero-order valence-electron chi connectivity index (χ0n) is 10.3. The van der Waals surface area contributed by atoms with E-state index >= 15 is 0 Å².